The Morgan fingerprint density at radius 3 is 2.73 bits per heavy atom. The maximum atomic E-state index is 13.0. The van der Waals surface area contributed by atoms with E-state index in [1.165, 1.54) is 12.1 Å². The number of benzene rings is 1. The third kappa shape index (κ3) is 3.89. The van der Waals surface area contributed by atoms with E-state index in [2.05, 4.69) is 15.9 Å². The highest BCUT2D eigenvalue weighted by Gasteiger charge is 2.10. The molecule has 84 valence electrons. The fourth-order valence-electron chi connectivity index (χ4n) is 1.46. The van der Waals surface area contributed by atoms with Gasteiger partial charge in [-0.1, -0.05) is 22.4 Å². The Kier molecular flexibility index (Phi) is 5.22. The first-order chi connectivity index (χ1) is 7.15. The van der Waals surface area contributed by atoms with Gasteiger partial charge in [0.2, 0.25) is 0 Å². The summed E-state index contributed by atoms with van der Waals surface area (Å²) in [5.74, 6) is -0.248. The SMILES string of the molecule is NCCCC[C@H](N)c1cc(F)ccc1Br. The van der Waals surface area contributed by atoms with Gasteiger partial charge in [0.1, 0.15) is 5.82 Å². The molecule has 15 heavy (non-hydrogen) atoms. The Labute approximate surface area is 98.0 Å². The molecule has 0 bridgehead atoms. The molecule has 0 unspecified atom stereocenters. The second-order valence-electron chi connectivity index (χ2n) is 3.56. The van der Waals surface area contributed by atoms with Crippen molar-refractivity contribution in [1.29, 1.82) is 0 Å². The summed E-state index contributed by atoms with van der Waals surface area (Å²) < 4.78 is 13.9. The number of halogens is 2. The van der Waals surface area contributed by atoms with Crippen LogP contribution in [0.25, 0.3) is 0 Å². The van der Waals surface area contributed by atoms with E-state index < -0.39 is 0 Å². The Bertz CT molecular complexity index is 317. The van der Waals surface area contributed by atoms with Crippen molar-refractivity contribution in [2.24, 2.45) is 11.5 Å². The highest BCUT2D eigenvalue weighted by molar-refractivity contribution is 9.10. The van der Waals surface area contributed by atoms with Gasteiger partial charge in [-0.25, -0.2) is 4.39 Å². The van der Waals surface area contributed by atoms with Crippen molar-refractivity contribution in [3.05, 3.63) is 34.1 Å². The Morgan fingerprint density at radius 2 is 2.07 bits per heavy atom. The Balaban J connectivity index is 2.64. The third-order valence-corrected chi connectivity index (χ3v) is 3.05. The molecule has 0 radical (unpaired) electrons. The van der Waals surface area contributed by atoms with Gasteiger partial charge in [-0.05, 0) is 43.1 Å². The zero-order valence-electron chi connectivity index (χ0n) is 8.55. The molecule has 2 nitrogen and oxygen atoms in total. The Morgan fingerprint density at radius 1 is 1.33 bits per heavy atom. The first-order valence-corrected chi connectivity index (χ1v) is 5.85. The molecule has 0 aliphatic rings. The van der Waals surface area contributed by atoms with Crippen molar-refractivity contribution in [1.82, 2.24) is 0 Å². The monoisotopic (exact) mass is 274 g/mol. The number of nitrogens with two attached hydrogens (primary N) is 2. The van der Waals surface area contributed by atoms with Crippen molar-refractivity contribution < 1.29 is 4.39 Å². The Hall–Kier alpha value is -0.450. The van der Waals surface area contributed by atoms with Crippen LogP contribution in [-0.4, -0.2) is 6.54 Å². The van der Waals surface area contributed by atoms with Crippen LogP contribution in [0.4, 0.5) is 4.39 Å². The molecule has 0 heterocycles. The highest BCUT2D eigenvalue weighted by Crippen LogP contribution is 2.25. The average molecular weight is 275 g/mol. The van der Waals surface area contributed by atoms with Gasteiger partial charge < -0.3 is 11.5 Å². The van der Waals surface area contributed by atoms with E-state index in [1.54, 1.807) is 6.07 Å². The summed E-state index contributed by atoms with van der Waals surface area (Å²) in [6, 6.07) is 4.46. The molecule has 0 saturated carbocycles. The summed E-state index contributed by atoms with van der Waals surface area (Å²) in [7, 11) is 0. The number of hydrogen-bond acceptors (Lipinski definition) is 2. The van der Waals surface area contributed by atoms with Gasteiger partial charge in [0.05, 0.1) is 0 Å². The first-order valence-electron chi connectivity index (χ1n) is 5.05. The molecule has 0 aromatic heterocycles. The summed E-state index contributed by atoms with van der Waals surface area (Å²) in [6.45, 7) is 0.678. The lowest BCUT2D eigenvalue weighted by molar-refractivity contribution is 0.578. The molecule has 0 saturated heterocycles. The lowest BCUT2D eigenvalue weighted by Gasteiger charge is -2.13. The first kappa shape index (κ1) is 12.6. The minimum atomic E-state index is -0.248. The van der Waals surface area contributed by atoms with E-state index in [1.807, 2.05) is 0 Å². The second-order valence-corrected chi connectivity index (χ2v) is 4.41. The lowest BCUT2D eigenvalue weighted by Crippen LogP contribution is -2.12. The van der Waals surface area contributed by atoms with Crippen LogP contribution in [0.15, 0.2) is 22.7 Å². The minimum absolute atomic E-state index is 0.123. The number of rotatable bonds is 5. The van der Waals surface area contributed by atoms with Crippen LogP contribution >= 0.6 is 15.9 Å². The highest BCUT2D eigenvalue weighted by atomic mass is 79.9. The van der Waals surface area contributed by atoms with Gasteiger partial charge in [-0.15, -0.1) is 0 Å². The molecule has 0 aliphatic carbocycles. The molecule has 0 amide bonds. The van der Waals surface area contributed by atoms with Gasteiger partial charge in [-0.3, -0.25) is 0 Å². The van der Waals surface area contributed by atoms with Crippen molar-refractivity contribution in [3.8, 4) is 0 Å². The predicted molar refractivity (Wildman–Crippen MR) is 63.9 cm³/mol. The fourth-order valence-corrected chi connectivity index (χ4v) is 2.00. The van der Waals surface area contributed by atoms with Crippen LogP contribution in [0.2, 0.25) is 0 Å². The summed E-state index contributed by atoms with van der Waals surface area (Å²) >= 11 is 3.37. The van der Waals surface area contributed by atoms with E-state index in [4.69, 9.17) is 11.5 Å². The standard InChI is InChI=1S/C11H16BrFN2/c12-10-5-4-8(13)7-9(10)11(15)3-1-2-6-14/h4-5,7,11H,1-3,6,14-15H2/t11-/m0/s1. The second kappa shape index (κ2) is 6.20. The van der Waals surface area contributed by atoms with Gasteiger partial charge in [0.25, 0.3) is 0 Å². The maximum absolute atomic E-state index is 13.0. The predicted octanol–water partition coefficient (Wildman–Crippen LogP) is 2.72. The molecular formula is C11H16BrFN2. The van der Waals surface area contributed by atoms with E-state index in [-0.39, 0.29) is 11.9 Å². The van der Waals surface area contributed by atoms with Crippen molar-refractivity contribution in [3.63, 3.8) is 0 Å². The van der Waals surface area contributed by atoms with Gasteiger partial charge in [0, 0.05) is 10.5 Å². The van der Waals surface area contributed by atoms with E-state index in [0.717, 1.165) is 29.3 Å². The summed E-state index contributed by atoms with van der Waals surface area (Å²) in [6.07, 6.45) is 2.76. The van der Waals surface area contributed by atoms with Crippen molar-refractivity contribution in [2.45, 2.75) is 25.3 Å². The van der Waals surface area contributed by atoms with Crippen molar-refractivity contribution >= 4 is 15.9 Å². The van der Waals surface area contributed by atoms with Crippen LogP contribution in [0.5, 0.6) is 0 Å². The molecule has 0 spiro atoms. The van der Waals surface area contributed by atoms with Crippen LogP contribution in [-0.2, 0) is 0 Å². The fraction of sp³-hybridized carbons (Fsp3) is 0.455. The summed E-state index contributed by atoms with van der Waals surface area (Å²) in [5, 5.41) is 0. The van der Waals surface area contributed by atoms with Crippen molar-refractivity contribution in [2.75, 3.05) is 6.54 Å². The lowest BCUT2D eigenvalue weighted by atomic mass is 10.0. The molecular weight excluding hydrogens is 259 g/mol. The summed E-state index contributed by atoms with van der Waals surface area (Å²) in [5.41, 5.74) is 12.2. The van der Waals surface area contributed by atoms with Crippen LogP contribution in [0, 0.1) is 5.82 Å². The minimum Gasteiger partial charge on any atom is -0.330 e. The van der Waals surface area contributed by atoms with Gasteiger partial charge in [-0.2, -0.15) is 0 Å². The van der Waals surface area contributed by atoms with Gasteiger partial charge >= 0.3 is 0 Å². The number of hydrogen-bond donors (Lipinski definition) is 2. The van der Waals surface area contributed by atoms with Crippen LogP contribution in [0.3, 0.4) is 0 Å². The molecule has 0 fully saturated rings. The summed E-state index contributed by atoms with van der Waals surface area (Å²) in [4.78, 5) is 0. The molecule has 1 aromatic rings. The van der Waals surface area contributed by atoms with E-state index >= 15 is 0 Å². The smallest absolute Gasteiger partial charge is 0.123 e. The van der Waals surface area contributed by atoms with Gasteiger partial charge in [0.15, 0.2) is 0 Å². The van der Waals surface area contributed by atoms with Crippen LogP contribution < -0.4 is 11.5 Å². The zero-order valence-corrected chi connectivity index (χ0v) is 10.1. The third-order valence-electron chi connectivity index (χ3n) is 2.33. The van der Waals surface area contributed by atoms with E-state index in [0.29, 0.717) is 6.54 Å². The molecule has 1 rings (SSSR count). The normalized spacial score (nSPS) is 12.8. The largest absolute Gasteiger partial charge is 0.330 e. The topological polar surface area (TPSA) is 52.0 Å². The molecule has 0 aliphatic heterocycles. The molecule has 4 N–H and O–H groups in total. The molecule has 1 aromatic carbocycles. The average Bonchev–Trinajstić information content (AvgIpc) is 2.22. The molecule has 1 atom stereocenters. The number of unbranched alkanes of at least 4 members (excludes halogenated alkanes) is 1. The van der Waals surface area contributed by atoms with Crippen LogP contribution in [0.1, 0.15) is 30.9 Å². The van der Waals surface area contributed by atoms with E-state index in [9.17, 15) is 4.39 Å². The maximum Gasteiger partial charge on any atom is 0.123 e. The quantitative estimate of drug-likeness (QED) is 0.812. The molecule has 4 heteroatoms. The zero-order chi connectivity index (χ0) is 11.3.